The molecule has 0 aliphatic heterocycles. The third kappa shape index (κ3) is 5.48. The summed E-state index contributed by atoms with van der Waals surface area (Å²) in [6.07, 6.45) is 9.48. The second-order valence-corrected chi connectivity index (χ2v) is 12.2. The SMILES string of the molecule is COc1c(C)ccc(C2CCC(C(C)(C)C3CCC(c4ccc(CO)c(CO)c4OC)CC3)CC2)c1CO. The summed E-state index contributed by atoms with van der Waals surface area (Å²) in [4.78, 5) is 0. The molecule has 0 atom stereocenters. The first kappa shape index (κ1) is 28.9. The monoisotopic (exact) mass is 524 g/mol. The molecule has 0 bridgehead atoms. The van der Waals surface area contributed by atoms with Crippen molar-refractivity contribution < 1.29 is 24.8 Å². The maximum Gasteiger partial charge on any atom is 0.128 e. The van der Waals surface area contributed by atoms with E-state index >= 15 is 0 Å². The van der Waals surface area contributed by atoms with Gasteiger partial charge in [-0.25, -0.2) is 0 Å². The molecule has 2 fully saturated rings. The molecular formula is C33H48O5. The largest absolute Gasteiger partial charge is 0.496 e. The van der Waals surface area contributed by atoms with Gasteiger partial charge in [0, 0.05) is 11.1 Å². The van der Waals surface area contributed by atoms with E-state index in [9.17, 15) is 15.3 Å². The highest BCUT2D eigenvalue weighted by Crippen LogP contribution is 2.53. The lowest BCUT2D eigenvalue weighted by Gasteiger charge is -2.47. The minimum absolute atomic E-state index is 0.0299. The van der Waals surface area contributed by atoms with Crippen LogP contribution in [0.15, 0.2) is 24.3 Å². The van der Waals surface area contributed by atoms with E-state index in [2.05, 4.69) is 32.0 Å². The zero-order chi connectivity index (χ0) is 27.4. The molecule has 0 spiro atoms. The molecule has 0 amide bonds. The Kier molecular flexibility index (Phi) is 9.44. The van der Waals surface area contributed by atoms with Gasteiger partial charge in [-0.1, -0.05) is 38.1 Å². The van der Waals surface area contributed by atoms with E-state index in [1.54, 1.807) is 14.2 Å². The van der Waals surface area contributed by atoms with Crippen LogP contribution in [0.25, 0.3) is 0 Å². The van der Waals surface area contributed by atoms with Crippen molar-refractivity contribution in [2.24, 2.45) is 17.3 Å². The summed E-state index contributed by atoms with van der Waals surface area (Å²) in [5, 5.41) is 29.7. The molecular weight excluding hydrogens is 476 g/mol. The van der Waals surface area contributed by atoms with E-state index in [-0.39, 0.29) is 19.8 Å². The van der Waals surface area contributed by atoms with Crippen molar-refractivity contribution in [2.75, 3.05) is 14.2 Å². The van der Waals surface area contributed by atoms with Gasteiger partial charge in [-0.15, -0.1) is 0 Å². The molecule has 4 rings (SSSR count). The molecule has 2 saturated carbocycles. The fraction of sp³-hybridized carbons (Fsp3) is 0.636. The van der Waals surface area contributed by atoms with E-state index in [0.717, 1.165) is 46.6 Å². The Morgan fingerprint density at radius 2 is 1.16 bits per heavy atom. The molecule has 2 aliphatic rings. The van der Waals surface area contributed by atoms with Crippen molar-refractivity contribution in [3.63, 3.8) is 0 Å². The molecule has 0 heterocycles. The Labute approximate surface area is 229 Å². The maximum absolute atomic E-state index is 10.1. The van der Waals surface area contributed by atoms with Crippen molar-refractivity contribution in [3.8, 4) is 11.5 Å². The van der Waals surface area contributed by atoms with Gasteiger partial charge in [0.05, 0.1) is 34.0 Å². The Morgan fingerprint density at radius 3 is 1.63 bits per heavy atom. The van der Waals surface area contributed by atoms with Crippen LogP contribution in [0.3, 0.4) is 0 Å². The van der Waals surface area contributed by atoms with Gasteiger partial charge >= 0.3 is 0 Å². The van der Waals surface area contributed by atoms with Crippen LogP contribution in [-0.4, -0.2) is 29.5 Å². The van der Waals surface area contributed by atoms with E-state index in [4.69, 9.17) is 9.47 Å². The summed E-state index contributed by atoms with van der Waals surface area (Å²) in [7, 11) is 3.37. The van der Waals surface area contributed by atoms with Gasteiger partial charge in [0.15, 0.2) is 0 Å². The van der Waals surface area contributed by atoms with Crippen LogP contribution >= 0.6 is 0 Å². The number of rotatable bonds is 9. The lowest BCUT2D eigenvalue weighted by Crippen LogP contribution is -2.36. The highest BCUT2D eigenvalue weighted by atomic mass is 16.5. The first-order valence-electron chi connectivity index (χ1n) is 14.5. The van der Waals surface area contributed by atoms with Crippen molar-refractivity contribution in [1.82, 2.24) is 0 Å². The summed E-state index contributed by atoms with van der Waals surface area (Å²) in [5.74, 6) is 3.94. The van der Waals surface area contributed by atoms with Crippen LogP contribution in [0.5, 0.6) is 11.5 Å². The number of aliphatic hydroxyl groups is 3. The number of ether oxygens (including phenoxy) is 2. The molecule has 210 valence electrons. The summed E-state index contributed by atoms with van der Waals surface area (Å²) in [6, 6.07) is 8.40. The summed E-state index contributed by atoms with van der Waals surface area (Å²) >= 11 is 0. The fourth-order valence-electron chi connectivity index (χ4n) is 7.79. The van der Waals surface area contributed by atoms with E-state index < -0.39 is 0 Å². The van der Waals surface area contributed by atoms with Crippen LogP contribution < -0.4 is 9.47 Å². The van der Waals surface area contributed by atoms with Gasteiger partial charge in [0.2, 0.25) is 0 Å². The quantitative estimate of drug-likeness (QED) is 0.338. The fourth-order valence-corrected chi connectivity index (χ4v) is 7.79. The maximum atomic E-state index is 10.1. The second-order valence-electron chi connectivity index (χ2n) is 12.2. The number of aliphatic hydroxyl groups excluding tert-OH is 3. The first-order chi connectivity index (χ1) is 18.3. The van der Waals surface area contributed by atoms with Crippen molar-refractivity contribution in [1.29, 1.82) is 0 Å². The standard InChI is InChI=1S/C33H48O5/c1-21-6-16-27(30(20-36)31(21)37-4)22-7-12-25(13-8-22)33(2,3)26-14-9-23(10-15-26)28-17-11-24(18-34)29(19-35)32(28)38-5/h6,11,16-17,22-23,25-26,34-36H,7-10,12-15,18-20H2,1-5H3. The lowest BCUT2D eigenvalue weighted by molar-refractivity contribution is 0.0510. The highest BCUT2D eigenvalue weighted by Gasteiger charge is 2.41. The van der Waals surface area contributed by atoms with Crippen LogP contribution in [0.4, 0.5) is 0 Å². The summed E-state index contributed by atoms with van der Waals surface area (Å²) in [6.45, 7) is 6.86. The minimum Gasteiger partial charge on any atom is -0.496 e. The van der Waals surface area contributed by atoms with E-state index in [0.29, 0.717) is 29.1 Å². The van der Waals surface area contributed by atoms with Crippen LogP contribution in [0.2, 0.25) is 0 Å². The van der Waals surface area contributed by atoms with Crippen LogP contribution in [0.1, 0.15) is 110 Å². The zero-order valence-electron chi connectivity index (χ0n) is 24.1. The number of methoxy groups -OCH3 is 2. The average Bonchev–Trinajstić information content (AvgIpc) is 2.96. The van der Waals surface area contributed by atoms with Crippen molar-refractivity contribution in [2.45, 2.75) is 104 Å². The molecule has 0 aromatic heterocycles. The number of hydrogen-bond donors (Lipinski definition) is 3. The number of hydrogen-bond acceptors (Lipinski definition) is 5. The van der Waals surface area contributed by atoms with Crippen molar-refractivity contribution >= 4 is 0 Å². The predicted octanol–water partition coefficient (Wildman–Crippen LogP) is 6.76. The van der Waals surface area contributed by atoms with Crippen LogP contribution in [-0.2, 0) is 19.8 Å². The van der Waals surface area contributed by atoms with Crippen LogP contribution in [0, 0.1) is 24.2 Å². The Balaban J connectivity index is 1.41. The average molecular weight is 525 g/mol. The third-order valence-corrected chi connectivity index (χ3v) is 10.2. The van der Waals surface area contributed by atoms with Gasteiger partial charge in [-0.05, 0) is 110 Å². The van der Waals surface area contributed by atoms with Gasteiger partial charge < -0.3 is 24.8 Å². The van der Waals surface area contributed by atoms with Gasteiger partial charge in [0.25, 0.3) is 0 Å². The predicted molar refractivity (Wildman–Crippen MR) is 152 cm³/mol. The van der Waals surface area contributed by atoms with E-state index in [1.165, 1.54) is 49.7 Å². The van der Waals surface area contributed by atoms with Crippen molar-refractivity contribution in [3.05, 3.63) is 57.6 Å². The topological polar surface area (TPSA) is 79.2 Å². The minimum atomic E-state index is -0.118. The molecule has 5 nitrogen and oxygen atoms in total. The number of aryl methyl sites for hydroxylation is 1. The second kappa shape index (κ2) is 12.4. The molecule has 3 N–H and O–H groups in total. The normalized spacial score (nSPS) is 24.3. The third-order valence-electron chi connectivity index (χ3n) is 10.2. The lowest BCUT2D eigenvalue weighted by atomic mass is 9.58. The molecule has 0 unspecified atom stereocenters. The molecule has 38 heavy (non-hydrogen) atoms. The Hall–Kier alpha value is -2.08. The van der Waals surface area contributed by atoms with Gasteiger partial charge in [0.1, 0.15) is 11.5 Å². The molecule has 2 aromatic carbocycles. The molecule has 2 aromatic rings. The Bertz CT molecular complexity index is 1080. The summed E-state index contributed by atoms with van der Waals surface area (Å²) < 4.78 is 11.4. The van der Waals surface area contributed by atoms with E-state index in [1.807, 2.05) is 13.0 Å². The van der Waals surface area contributed by atoms with Gasteiger partial charge in [-0.3, -0.25) is 0 Å². The molecule has 2 aliphatic carbocycles. The molecule has 0 saturated heterocycles. The zero-order valence-corrected chi connectivity index (χ0v) is 24.1. The Morgan fingerprint density at radius 1 is 0.658 bits per heavy atom. The highest BCUT2D eigenvalue weighted by molar-refractivity contribution is 5.48. The number of benzene rings is 2. The molecule has 0 radical (unpaired) electrons. The van der Waals surface area contributed by atoms with Gasteiger partial charge in [-0.2, -0.15) is 0 Å². The smallest absolute Gasteiger partial charge is 0.128 e. The molecule has 5 heteroatoms. The first-order valence-corrected chi connectivity index (χ1v) is 14.5. The summed E-state index contributed by atoms with van der Waals surface area (Å²) in [5.41, 5.74) is 6.27.